The zero-order valence-corrected chi connectivity index (χ0v) is 9.88. The third-order valence-corrected chi connectivity index (χ3v) is 2.26. The molecule has 0 radical (unpaired) electrons. The highest BCUT2D eigenvalue weighted by Gasteiger charge is 2.16. The van der Waals surface area contributed by atoms with Crippen molar-refractivity contribution in [3.63, 3.8) is 0 Å². The van der Waals surface area contributed by atoms with E-state index >= 15 is 0 Å². The summed E-state index contributed by atoms with van der Waals surface area (Å²) in [4.78, 5) is 16.5. The van der Waals surface area contributed by atoms with E-state index in [1.165, 1.54) is 25.4 Å². The zero-order valence-electron chi connectivity index (χ0n) is 9.06. The number of alkyl halides is 2. The van der Waals surface area contributed by atoms with Crippen LogP contribution in [0.3, 0.4) is 0 Å². The average Bonchev–Trinajstić information content (AvgIpc) is 2.27. The Kier molecular flexibility index (Phi) is 4.45. The van der Waals surface area contributed by atoms with Crippen LogP contribution in [0.4, 0.5) is 8.78 Å². The van der Waals surface area contributed by atoms with Crippen LogP contribution in [0.2, 0.25) is 0 Å². The number of thiocarbonyl (C=S) groups is 1. The highest BCUT2D eigenvalue weighted by Crippen LogP contribution is 2.05. The van der Waals surface area contributed by atoms with Gasteiger partial charge in [-0.05, 0) is 12.1 Å². The van der Waals surface area contributed by atoms with Gasteiger partial charge < -0.3 is 10.6 Å². The number of halogens is 2. The molecule has 0 saturated carbocycles. The number of pyridine rings is 1. The van der Waals surface area contributed by atoms with Crippen LogP contribution in [0.5, 0.6) is 0 Å². The molecule has 0 atom stereocenters. The van der Waals surface area contributed by atoms with Crippen LogP contribution >= 0.6 is 12.2 Å². The second kappa shape index (κ2) is 5.62. The standard InChI is InChI=1S/C10H11F2N3OS/c1-15(5-8(11)12)10(16)7-3-2-6(4-14-7)9(13)17/h2-4,8H,5H2,1H3,(H2,13,17). The van der Waals surface area contributed by atoms with Gasteiger partial charge in [-0.25, -0.2) is 8.78 Å². The van der Waals surface area contributed by atoms with E-state index in [2.05, 4.69) is 4.98 Å². The summed E-state index contributed by atoms with van der Waals surface area (Å²) in [7, 11) is 1.29. The first-order chi connectivity index (χ1) is 7.91. The van der Waals surface area contributed by atoms with Crippen molar-refractivity contribution in [1.82, 2.24) is 9.88 Å². The summed E-state index contributed by atoms with van der Waals surface area (Å²) in [6.45, 7) is -0.627. The molecular weight excluding hydrogens is 248 g/mol. The second-order valence-electron chi connectivity index (χ2n) is 3.37. The summed E-state index contributed by atoms with van der Waals surface area (Å²) in [5, 5.41) is 0. The van der Waals surface area contributed by atoms with E-state index in [1.807, 2.05) is 0 Å². The number of carbonyl (C=O) groups is 1. The molecule has 0 aliphatic heterocycles. The first-order valence-corrected chi connectivity index (χ1v) is 5.12. The summed E-state index contributed by atoms with van der Waals surface area (Å²) in [5.41, 5.74) is 5.96. The molecule has 0 aliphatic carbocycles. The Morgan fingerprint density at radius 1 is 1.59 bits per heavy atom. The van der Waals surface area contributed by atoms with Gasteiger partial charge in [0.2, 0.25) is 0 Å². The van der Waals surface area contributed by atoms with Crippen molar-refractivity contribution in [2.75, 3.05) is 13.6 Å². The Morgan fingerprint density at radius 2 is 2.24 bits per heavy atom. The van der Waals surface area contributed by atoms with Crippen LogP contribution in [0.25, 0.3) is 0 Å². The van der Waals surface area contributed by atoms with Gasteiger partial charge in [0.05, 0.1) is 6.54 Å². The Hall–Kier alpha value is -1.63. The molecule has 0 aliphatic rings. The normalized spacial score (nSPS) is 10.4. The highest BCUT2D eigenvalue weighted by molar-refractivity contribution is 7.80. The van der Waals surface area contributed by atoms with Gasteiger partial charge in [-0.1, -0.05) is 12.2 Å². The third kappa shape index (κ3) is 3.70. The van der Waals surface area contributed by atoms with Crippen LogP contribution in [-0.2, 0) is 0 Å². The van der Waals surface area contributed by atoms with Crippen molar-refractivity contribution >= 4 is 23.1 Å². The Morgan fingerprint density at radius 3 is 2.65 bits per heavy atom. The van der Waals surface area contributed by atoms with Gasteiger partial charge in [0.25, 0.3) is 12.3 Å². The predicted octanol–water partition coefficient (Wildman–Crippen LogP) is 1.05. The third-order valence-electron chi connectivity index (χ3n) is 2.03. The molecule has 4 nitrogen and oxygen atoms in total. The maximum Gasteiger partial charge on any atom is 0.272 e. The van der Waals surface area contributed by atoms with Crippen molar-refractivity contribution in [1.29, 1.82) is 0 Å². The van der Waals surface area contributed by atoms with Crippen molar-refractivity contribution in [3.05, 3.63) is 29.6 Å². The molecule has 2 N–H and O–H groups in total. The Bertz CT molecular complexity index is 422. The highest BCUT2D eigenvalue weighted by atomic mass is 32.1. The van der Waals surface area contributed by atoms with Crippen LogP contribution in [0.1, 0.15) is 16.1 Å². The first-order valence-electron chi connectivity index (χ1n) is 4.71. The van der Waals surface area contributed by atoms with Crippen LogP contribution in [0, 0.1) is 0 Å². The van der Waals surface area contributed by atoms with E-state index in [9.17, 15) is 13.6 Å². The molecule has 0 fully saturated rings. The zero-order chi connectivity index (χ0) is 13.0. The fourth-order valence-electron chi connectivity index (χ4n) is 1.15. The van der Waals surface area contributed by atoms with Gasteiger partial charge in [-0.15, -0.1) is 0 Å². The molecule has 1 rings (SSSR count). The molecule has 0 aromatic carbocycles. The fourth-order valence-corrected chi connectivity index (χ4v) is 1.27. The number of nitrogens with zero attached hydrogens (tertiary/aromatic N) is 2. The minimum Gasteiger partial charge on any atom is -0.389 e. The van der Waals surface area contributed by atoms with Crippen LogP contribution in [-0.4, -0.2) is 40.8 Å². The number of carbonyl (C=O) groups excluding carboxylic acids is 1. The van der Waals surface area contributed by atoms with Gasteiger partial charge >= 0.3 is 0 Å². The largest absolute Gasteiger partial charge is 0.389 e. The van der Waals surface area contributed by atoms with Gasteiger partial charge in [-0.2, -0.15) is 0 Å². The smallest absolute Gasteiger partial charge is 0.272 e. The molecule has 0 unspecified atom stereocenters. The topological polar surface area (TPSA) is 59.2 Å². The van der Waals surface area contributed by atoms with Crippen molar-refractivity contribution in [3.8, 4) is 0 Å². The van der Waals surface area contributed by atoms with Crippen molar-refractivity contribution in [2.24, 2.45) is 5.73 Å². The van der Waals surface area contributed by atoms with E-state index in [4.69, 9.17) is 18.0 Å². The SMILES string of the molecule is CN(CC(F)F)C(=O)c1ccc(C(N)=S)cn1. The maximum absolute atomic E-state index is 12.1. The summed E-state index contributed by atoms with van der Waals surface area (Å²) in [6.07, 6.45) is -1.23. The molecule has 0 saturated heterocycles. The quantitative estimate of drug-likeness (QED) is 0.821. The molecule has 1 amide bonds. The lowest BCUT2D eigenvalue weighted by Gasteiger charge is -2.15. The number of nitrogens with two attached hydrogens (primary N) is 1. The van der Waals surface area contributed by atoms with Crippen molar-refractivity contribution < 1.29 is 13.6 Å². The molecule has 17 heavy (non-hydrogen) atoms. The lowest BCUT2D eigenvalue weighted by Crippen LogP contribution is -2.31. The van der Waals surface area contributed by atoms with Crippen LogP contribution in [0.15, 0.2) is 18.3 Å². The average molecular weight is 259 g/mol. The molecule has 1 aromatic rings. The number of rotatable bonds is 4. The predicted molar refractivity (Wildman–Crippen MR) is 63.1 cm³/mol. The van der Waals surface area contributed by atoms with E-state index in [1.54, 1.807) is 0 Å². The minimum atomic E-state index is -2.57. The number of hydrogen-bond donors (Lipinski definition) is 1. The minimum absolute atomic E-state index is 0.0770. The molecule has 0 spiro atoms. The van der Waals surface area contributed by atoms with Gasteiger partial charge in [-0.3, -0.25) is 9.78 Å². The molecule has 1 aromatic heterocycles. The first kappa shape index (κ1) is 13.4. The van der Waals surface area contributed by atoms with E-state index in [0.29, 0.717) is 5.56 Å². The molecule has 1 heterocycles. The van der Waals surface area contributed by atoms with Gasteiger partial charge in [0, 0.05) is 18.8 Å². The van der Waals surface area contributed by atoms with E-state index < -0.39 is 18.9 Å². The number of amides is 1. The monoisotopic (exact) mass is 259 g/mol. The number of aromatic nitrogens is 1. The second-order valence-corrected chi connectivity index (χ2v) is 3.81. The fraction of sp³-hybridized carbons (Fsp3) is 0.300. The molecule has 7 heteroatoms. The summed E-state index contributed by atoms with van der Waals surface area (Å²) < 4.78 is 24.2. The van der Waals surface area contributed by atoms with E-state index in [0.717, 1.165) is 4.90 Å². The molecule has 92 valence electrons. The summed E-state index contributed by atoms with van der Waals surface area (Å²) in [6, 6.07) is 2.93. The van der Waals surface area contributed by atoms with Gasteiger partial charge in [0.15, 0.2) is 0 Å². The molecular formula is C10H11F2N3OS. The van der Waals surface area contributed by atoms with Gasteiger partial charge in [0.1, 0.15) is 10.7 Å². The lowest BCUT2D eigenvalue weighted by atomic mass is 10.2. The van der Waals surface area contributed by atoms with Crippen LogP contribution < -0.4 is 5.73 Å². The Labute approximate surface area is 102 Å². The lowest BCUT2D eigenvalue weighted by molar-refractivity contribution is 0.0615. The summed E-state index contributed by atoms with van der Waals surface area (Å²) >= 11 is 4.72. The maximum atomic E-state index is 12.1. The van der Waals surface area contributed by atoms with Crippen molar-refractivity contribution in [2.45, 2.75) is 6.43 Å². The van der Waals surface area contributed by atoms with E-state index in [-0.39, 0.29) is 10.7 Å². The summed E-state index contributed by atoms with van der Waals surface area (Å²) in [5.74, 6) is -0.570. The molecule has 0 bridgehead atoms. The number of hydrogen-bond acceptors (Lipinski definition) is 3. The Balaban J connectivity index is 2.79.